The molecule has 1 saturated carbocycles. The Balaban J connectivity index is 1.40. The maximum Gasteiger partial charge on any atom is 0.265 e. The average molecular weight is 751 g/mol. The second kappa shape index (κ2) is 13.3. The molecule has 2 aromatic carbocycles. The molecule has 12 nitrogen and oxygen atoms in total. The van der Waals surface area contributed by atoms with Crippen molar-refractivity contribution in [2.24, 2.45) is 11.8 Å². The predicted molar refractivity (Wildman–Crippen MR) is 204 cm³/mol. The Morgan fingerprint density at radius 1 is 1.00 bits per heavy atom. The van der Waals surface area contributed by atoms with Crippen LogP contribution in [0.25, 0.3) is 5.76 Å². The van der Waals surface area contributed by atoms with Gasteiger partial charge in [-0.15, -0.1) is 0 Å². The van der Waals surface area contributed by atoms with Gasteiger partial charge in [0.05, 0.1) is 23.0 Å². The summed E-state index contributed by atoms with van der Waals surface area (Å²) in [4.78, 5) is 51.2. The molecule has 3 aliphatic rings. The number of aromatic hydroxyl groups is 1. The number of fused-ring (bicyclic) bond motifs is 4. The fourth-order valence-electron chi connectivity index (χ4n) is 8.10. The van der Waals surface area contributed by atoms with E-state index in [0.717, 1.165) is 5.56 Å². The number of rotatable bonds is 8. The van der Waals surface area contributed by atoms with Crippen molar-refractivity contribution in [3.8, 4) is 11.6 Å². The molecule has 4 aromatic rings. The van der Waals surface area contributed by atoms with E-state index in [-0.39, 0.29) is 53.7 Å². The molecule has 282 valence electrons. The highest BCUT2D eigenvalue weighted by Gasteiger charge is 2.68. The third-order valence-corrected chi connectivity index (χ3v) is 16.0. The van der Waals surface area contributed by atoms with Gasteiger partial charge < -0.3 is 23.9 Å². The van der Waals surface area contributed by atoms with Gasteiger partial charge in [-0.3, -0.25) is 29.2 Å². The minimum Gasteiger partial charge on any atom is -0.507 e. The standard InChI is InChI=1S/C41H46N4O8Si/c1-23(46)45(27-14-16-42-17-15-27)28-19-25-18-26-20-29-34(44(5)6)36-33(39(43-52-36)51-22-24-12-10-9-11-13-24)38(50)41(29,53-54(7,8)40(2,3)4)37(49)32(26)35(48)31(25)30(47)21-28/h9-17,19,21,26,29,34,47-48H,18,20,22H2,1-8H3/t26-,29-,34-,41-/m0/s1. The number of pyridine rings is 1. The Morgan fingerprint density at radius 3 is 2.31 bits per heavy atom. The van der Waals surface area contributed by atoms with E-state index in [9.17, 15) is 15.0 Å². The van der Waals surface area contributed by atoms with E-state index in [1.54, 1.807) is 30.6 Å². The number of phenols is 1. The quantitative estimate of drug-likeness (QED) is 0.137. The Morgan fingerprint density at radius 2 is 1.69 bits per heavy atom. The maximum absolute atomic E-state index is 15.5. The highest BCUT2D eigenvalue weighted by atomic mass is 28.4. The minimum absolute atomic E-state index is 0.0288. The third-order valence-electron chi connectivity index (χ3n) is 11.6. The Kier molecular flexibility index (Phi) is 9.18. The molecule has 0 bridgehead atoms. The number of phenolic OH excluding ortho intramolecular Hbond substituents is 1. The summed E-state index contributed by atoms with van der Waals surface area (Å²) < 4.78 is 19.2. The summed E-state index contributed by atoms with van der Waals surface area (Å²) in [7, 11) is 0.798. The van der Waals surface area contributed by atoms with Crippen LogP contribution in [-0.4, -0.2) is 70.7 Å². The van der Waals surface area contributed by atoms with Crippen LogP contribution in [0.3, 0.4) is 0 Å². The van der Waals surface area contributed by atoms with E-state index in [0.29, 0.717) is 22.7 Å². The van der Waals surface area contributed by atoms with Gasteiger partial charge in [-0.25, -0.2) is 0 Å². The van der Waals surface area contributed by atoms with Crippen molar-refractivity contribution in [1.82, 2.24) is 15.0 Å². The molecule has 7 rings (SSSR count). The summed E-state index contributed by atoms with van der Waals surface area (Å²) in [6.07, 6.45) is 3.65. The van der Waals surface area contributed by atoms with E-state index in [4.69, 9.17) is 13.7 Å². The van der Waals surface area contributed by atoms with Crippen molar-refractivity contribution >= 4 is 42.9 Å². The first-order valence-electron chi connectivity index (χ1n) is 18.1. The van der Waals surface area contributed by atoms with Crippen LogP contribution in [0.1, 0.15) is 73.0 Å². The minimum atomic E-state index is -2.92. The second-order valence-corrected chi connectivity index (χ2v) is 21.0. The number of aliphatic hydroxyl groups is 1. The van der Waals surface area contributed by atoms with E-state index < -0.39 is 54.2 Å². The van der Waals surface area contributed by atoms with Gasteiger partial charge in [0.1, 0.15) is 23.7 Å². The summed E-state index contributed by atoms with van der Waals surface area (Å²) in [6.45, 7) is 11.6. The van der Waals surface area contributed by atoms with Gasteiger partial charge in [0.25, 0.3) is 5.88 Å². The lowest BCUT2D eigenvalue weighted by Crippen LogP contribution is -2.68. The van der Waals surface area contributed by atoms with Crippen molar-refractivity contribution in [1.29, 1.82) is 0 Å². The molecule has 0 saturated heterocycles. The Labute approximate surface area is 315 Å². The van der Waals surface area contributed by atoms with Crippen LogP contribution in [0.4, 0.5) is 11.4 Å². The number of aliphatic hydroxyl groups excluding tert-OH is 1. The molecule has 1 fully saturated rings. The molecule has 2 aromatic heterocycles. The van der Waals surface area contributed by atoms with Gasteiger partial charge in [0, 0.05) is 36.9 Å². The summed E-state index contributed by atoms with van der Waals surface area (Å²) in [6, 6.07) is 15.3. The lowest BCUT2D eigenvalue weighted by molar-refractivity contribution is -0.140. The van der Waals surface area contributed by atoms with Crippen molar-refractivity contribution < 1.29 is 38.3 Å². The summed E-state index contributed by atoms with van der Waals surface area (Å²) in [5, 5.41) is 27.5. The molecule has 0 spiro atoms. The van der Waals surface area contributed by atoms with Gasteiger partial charge >= 0.3 is 0 Å². The normalized spacial score (nSPS) is 22.4. The van der Waals surface area contributed by atoms with Gasteiger partial charge in [-0.1, -0.05) is 51.1 Å². The highest BCUT2D eigenvalue weighted by Crippen LogP contribution is 2.59. The lowest BCUT2D eigenvalue weighted by Gasteiger charge is -2.55. The van der Waals surface area contributed by atoms with Crippen LogP contribution in [0.15, 0.2) is 77.1 Å². The number of benzene rings is 2. The fraction of sp³-hybridized carbons (Fsp3) is 0.390. The number of Topliss-reactive ketones (excluding diaryl/α,β-unsaturated/α-hetero) is 2. The lowest BCUT2D eigenvalue weighted by atomic mass is 9.57. The number of carbonyl (C=O) groups excluding carboxylic acids is 3. The van der Waals surface area contributed by atoms with E-state index in [1.807, 2.05) is 83.2 Å². The van der Waals surface area contributed by atoms with Gasteiger partial charge in [0.15, 0.2) is 19.7 Å². The predicted octanol–water partition coefficient (Wildman–Crippen LogP) is 7.33. The van der Waals surface area contributed by atoms with Crippen molar-refractivity contribution in [3.63, 3.8) is 0 Å². The first-order valence-corrected chi connectivity index (χ1v) is 21.0. The second-order valence-electron chi connectivity index (χ2n) is 16.2. The van der Waals surface area contributed by atoms with Crippen LogP contribution in [-0.2, 0) is 27.0 Å². The number of anilines is 2. The number of nitrogens with zero attached hydrogens (tertiary/aromatic N) is 4. The fourth-order valence-corrected chi connectivity index (χ4v) is 9.55. The molecule has 4 atom stereocenters. The molecule has 2 heterocycles. The molecule has 0 aliphatic heterocycles. The number of ketones is 2. The highest BCUT2D eigenvalue weighted by molar-refractivity contribution is 6.74. The molecular weight excluding hydrogens is 705 g/mol. The summed E-state index contributed by atoms with van der Waals surface area (Å²) >= 11 is 0. The summed E-state index contributed by atoms with van der Waals surface area (Å²) in [5.41, 5.74) is 0.484. The largest absolute Gasteiger partial charge is 0.507 e. The van der Waals surface area contributed by atoms with Gasteiger partial charge in [-0.05, 0) is 85.5 Å². The Hall–Kier alpha value is -5.11. The van der Waals surface area contributed by atoms with E-state index in [1.165, 1.54) is 17.9 Å². The number of ether oxygens (including phenoxy) is 1. The first-order chi connectivity index (χ1) is 25.5. The molecule has 0 unspecified atom stereocenters. The summed E-state index contributed by atoms with van der Waals surface area (Å²) in [5.74, 6) is -3.28. The van der Waals surface area contributed by atoms with Crippen LogP contribution in [0.5, 0.6) is 11.6 Å². The number of amides is 1. The van der Waals surface area contributed by atoms with Crippen LogP contribution >= 0.6 is 0 Å². The molecule has 54 heavy (non-hydrogen) atoms. The number of aromatic nitrogens is 2. The van der Waals surface area contributed by atoms with E-state index >= 15 is 9.59 Å². The molecule has 3 aliphatic carbocycles. The zero-order valence-corrected chi connectivity index (χ0v) is 32.8. The average Bonchev–Trinajstić information content (AvgIpc) is 3.52. The zero-order chi connectivity index (χ0) is 38.9. The van der Waals surface area contributed by atoms with Crippen LogP contribution in [0.2, 0.25) is 18.1 Å². The molecular formula is C41H46N4O8Si. The number of hydrogen-bond donors (Lipinski definition) is 2. The van der Waals surface area contributed by atoms with Crippen molar-refractivity contribution in [2.45, 2.75) is 76.9 Å². The van der Waals surface area contributed by atoms with E-state index in [2.05, 4.69) is 10.1 Å². The topological polar surface area (TPSA) is 156 Å². The first kappa shape index (κ1) is 37.2. The smallest absolute Gasteiger partial charge is 0.265 e. The Bertz CT molecular complexity index is 2180. The van der Waals surface area contributed by atoms with Crippen LogP contribution in [0, 0.1) is 11.8 Å². The van der Waals surface area contributed by atoms with Gasteiger partial charge in [0.2, 0.25) is 17.5 Å². The number of hydrogen-bond acceptors (Lipinski definition) is 11. The maximum atomic E-state index is 15.5. The monoisotopic (exact) mass is 750 g/mol. The van der Waals surface area contributed by atoms with Crippen molar-refractivity contribution in [3.05, 3.63) is 101 Å². The molecule has 0 radical (unpaired) electrons. The molecule has 1 amide bonds. The third kappa shape index (κ3) is 5.85. The van der Waals surface area contributed by atoms with Crippen LogP contribution < -0.4 is 9.64 Å². The molecule has 13 heteroatoms. The number of carbonyl (C=O) groups is 3. The SMILES string of the molecule is CC(=O)N(c1ccncc1)c1cc(O)c2c(c1)C[C@H]1C[C@H]3[C@H](N(C)C)c4onc(OCc5ccccc5)c4C(=O)[C@@]3(O[Si](C)(C)C(C)(C)C)C(=O)C1=C2O. The van der Waals surface area contributed by atoms with Gasteiger partial charge in [-0.2, -0.15) is 0 Å². The molecule has 2 N–H and O–H groups in total. The zero-order valence-electron chi connectivity index (χ0n) is 31.8. The van der Waals surface area contributed by atoms with Crippen molar-refractivity contribution in [2.75, 3.05) is 19.0 Å².